The first-order valence-corrected chi connectivity index (χ1v) is 9.36. The molecule has 0 radical (unpaired) electrons. The predicted molar refractivity (Wildman–Crippen MR) is 82.5 cm³/mol. The van der Waals surface area contributed by atoms with Gasteiger partial charge >= 0.3 is 0 Å². The van der Waals surface area contributed by atoms with Gasteiger partial charge in [0.1, 0.15) is 5.75 Å². The third-order valence-electron chi connectivity index (χ3n) is 3.66. The van der Waals surface area contributed by atoms with Crippen LogP contribution in [0.25, 0.3) is 0 Å². The summed E-state index contributed by atoms with van der Waals surface area (Å²) >= 11 is 0. The van der Waals surface area contributed by atoms with Gasteiger partial charge in [0.2, 0.25) is 5.89 Å². The Labute approximate surface area is 134 Å². The van der Waals surface area contributed by atoms with Crippen molar-refractivity contribution in [1.82, 2.24) is 15.5 Å². The smallest absolute Gasteiger partial charge is 0.251 e. The maximum atomic E-state index is 12.2. The van der Waals surface area contributed by atoms with Crippen LogP contribution in [0.4, 0.5) is 0 Å². The molecule has 0 fully saturated rings. The van der Waals surface area contributed by atoms with E-state index in [-0.39, 0.29) is 29.9 Å². The lowest BCUT2D eigenvalue weighted by Crippen LogP contribution is -2.23. The number of rotatable bonds is 5. The van der Waals surface area contributed by atoms with E-state index in [1.807, 2.05) is 18.2 Å². The van der Waals surface area contributed by atoms with Crippen molar-refractivity contribution in [2.24, 2.45) is 0 Å². The molecule has 1 aliphatic rings. The van der Waals surface area contributed by atoms with Gasteiger partial charge in [0.15, 0.2) is 15.7 Å². The number of nitrogens with zero attached hydrogens (tertiary/aromatic N) is 2. The molecule has 0 saturated heterocycles. The van der Waals surface area contributed by atoms with Crippen molar-refractivity contribution in [3.8, 4) is 0 Å². The minimum Gasteiger partial charge on any atom is -0.343 e. The zero-order chi connectivity index (χ0) is 16.4. The van der Waals surface area contributed by atoms with Crippen molar-refractivity contribution in [2.75, 3.05) is 6.26 Å². The molecular formula is C15H17N3O4S. The molecule has 0 spiro atoms. The number of hydrogen-bond donors (Lipinski definition) is 1. The third-order valence-corrected chi connectivity index (χ3v) is 4.44. The van der Waals surface area contributed by atoms with Crippen LogP contribution in [0.5, 0.6) is 0 Å². The molecule has 1 amide bonds. The second-order valence-corrected chi connectivity index (χ2v) is 7.83. The lowest BCUT2D eigenvalue weighted by Gasteiger charge is -2.05. The molecule has 1 N–H and O–H groups in total. The van der Waals surface area contributed by atoms with E-state index in [4.69, 9.17) is 4.52 Å². The Morgan fingerprint density at radius 1 is 1.30 bits per heavy atom. The van der Waals surface area contributed by atoms with Crippen molar-refractivity contribution in [3.05, 3.63) is 46.6 Å². The summed E-state index contributed by atoms with van der Waals surface area (Å²) < 4.78 is 27.3. The second-order valence-electron chi connectivity index (χ2n) is 5.69. The molecule has 1 aromatic heterocycles. The summed E-state index contributed by atoms with van der Waals surface area (Å²) in [5.74, 6) is -0.232. The number of carbonyl (C=O) groups excluding carboxylic acids is 1. The molecule has 8 heteroatoms. The lowest BCUT2D eigenvalue weighted by atomic mass is 10.1. The van der Waals surface area contributed by atoms with Gasteiger partial charge in [-0.3, -0.25) is 4.79 Å². The number of hydrogen-bond acceptors (Lipinski definition) is 6. The molecule has 0 unspecified atom stereocenters. The fourth-order valence-electron chi connectivity index (χ4n) is 2.63. The summed E-state index contributed by atoms with van der Waals surface area (Å²) in [4.78, 5) is 16.1. The van der Waals surface area contributed by atoms with E-state index in [1.54, 1.807) is 0 Å². The SMILES string of the molecule is CS(=O)(=O)Cc1noc(CNC(=O)c2ccc3c(c2)CCC3)n1. The van der Waals surface area contributed by atoms with E-state index in [0.717, 1.165) is 25.5 Å². The first-order chi connectivity index (χ1) is 10.9. The van der Waals surface area contributed by atoms with Crippen molar-refractivity contribution >= 4 is 15.7 Å². The zero-order valence-electron chi connectivity index (χ0n) is 12.7. The van der Waals surface area contributed by atoms with Gasteiger partial charge in [-0.15, -0.1) is 0 Å². The number of sulfone groups is 1. The van der Waals surface area contributed by atoms with Gasteiger partial charge in [-0.2, -0.15) is 4.98 Å². The summed E-state index contributed by atoms with van der Waals surface area (Å²) in [7, 11) is -3.22. The molecule has 0 saturated carbocycles. The number of nitrogens with one attached hydrogen (secondary N) is 1. The normalized spacial score (nSPS) is 13.8. The molecule has 1 heterocycles. The van der Waals surface area contributed by atoms with Gasteiger partial charge in [0, 0.05) is 11.8 Å². The quantitative estimate of drug-likeness (QED) is 0.875. The second kappa shape index (κ2) is 6.11. The fraction of sp³-hybridized carbons (Fsp3) is 0.400. The molecule has 2 aromatic rings. The topological polar surface area (TPSA) is 102 Å². The van der Waals surface area contributed by atoms with E-state index < -0.39 is 9.84 Å². The van der Waals surface area contributed by atoms with Crippen LogP contribution in [0.1, 0.15) is 39.6 Å². The molecule has 23 heavy (non-hydrogen) atoms. The summed E-state index contributed by atoms with van der Waals surface area (Å²) in [6.45, 7) is 0.0622. The summed E-state index contributed by atoms with van der Waals surface area (Å²) in [6, 6.07) is 5.72. The predicted octanol–water partition coefficient (Wildman–Crippen LogP) is 1.03. The van der Waals surface area contributed by atoms with Gasteiger partial charge in [-0.05, 0) is 42.5 Å². The minimum atomic E-state index is -3.22. The highest BCUT2D eigenvalue weighted by molar-refractivity contribution is 7.89. The van der Waals surface area contributed by atoms with Crippen LogP contribution in [0, 0.1) is 0 Å². The molecule has 3 rings (SSSR count). The minimum absolute atomic E-state index is 0.0622. The lowest BCUT2D eigenvalue weighted by molar-refractivity contribution is 0.0946. The molecular weight excluding hydrogens is 318 g/mol. The first kappa shape index (κ1) is 15.7. The molecule has 0 aliphatic heterocycles. The van der Waals surface area contributed by atoms with Gasteiger partial charge in [0.05, 0.1) is 6.54 Å². The highest BCUT2D eigenvalue weighted by atomic mass is 32.2. The Morgan fingerprint density at radius 3 is 2.87 bits per heavy atom. The highest BCUT2D eigenvalue weighted by Crippen LogP contribution is 2.22. The molecule has 0 atom stereocenters. The molecule has 1 aliphatic carbocycles. The van der Waals surface area contributed by atoms with E-state index in [0.29, 0.717) is 5.56 Å². The van der Waals surface area contributed by atoms with Crippen LogP contribution in [-0.4, -0.2) is 30.7 Å². The monoisotopic (exact) mass is 335 g/mol. The first-order valence-electron chi connectivity index (χ1n) is 7.30. The standard InChI is InChI=1S/C15H17N3O4S/c1-23(20,21)9-13-17-14(22-18-13)8-16-15(19)12-6-5-10-3-2-4-11(10)7-12/h5-7H,2-4,8-9H2,1H3,(H,16,19). The summed E-state index contributed by atoms with van der Waals surface area (Å²) in [6.07, 6.45) is 4.31. The van der Waals surface area contributed by atoms with Crippen LogP contribution in [0.15, 0.2) is 22.7 Å². The van der Waals surface area contributed by atoms with Crippen molar-refractivity contribution in [1.29, 1.82) is 0 Å². The van der Waals surface area contributed by atoms with Crippen molar-refractivity contribution in [3.63, 3.8) is 0 Å². The van der Waals surface area contributed by atoms with Crippen molar-refractivity contribution in [2.45, 2.75) is 31.6 Å². The van der Waals surface area contributed by atoms with Crippen molar-refractivity contribution < 1.29 is 17.7 Å². The maximum absolute atomic E-state index is 12.2. The Balaban J connectivity index is 1.61. The third kappa shape index (κ3) is 3.95. The van der Waals surface area contributed by atoms with E-state index in [2.05, 4.69) is 15.5 Å². The highest BCUT2D eigenvalue weighted by Gasteiger charge is 2.15. The summed E-state index contributed by atoms with van der Waals surface area (Å²) in [5, 5.41) is 6.28. The zero-order valence-corrected chi connectivity index (χ0v) is 13.5. The van der Waals surface area contributed by atoms with E-state index in [9.17, 15) is 13.2 Å². The average molecular weight is 335 g/mol. The van der Waals surface area contributed by atoms with E-state index >= 15 is 0 Å². The Kier molecular flexibility index (Phi) is 4.16. The maximum Gasteiger partial charge on any atom is 0.251 e. The van der Waals surface area contributed by atoms with Gasteiger partial charge in [-0.1, -0.05) is 11.2 Å². The van der Waals surface area contributed by atoms with Crippen LogP contribution in [0.2, 0.25) is 0 Å². The molecule has 1 aromatic carbocycles. The average Bonchev–Trinajstić information content (AvgIpc) is 3.11. The molecule has 0 bridgehead atoms. The molecule has 122 valence electrons. The largest absolute Gasteiger partial charge is 0.343 e. The number of amides is 1. The van der Waals surface area contributed by atoms with Crippen LogP contribution in [0.3, 0.4) is 0 Å². The van der Waals surface area contributed by atoms with Gasteiger partial charge < -0.3 is 9.84 Å². The van der Waals surface area contributed by atoms with Crippen LogP contribution >= 0.6 is 0 Å². The Hall–Kier alpha value is -2.22. The molecule has 7 nitrogen and oxygen atoms in total. The number of fused-ring (bicyclic) bond motifs is 1. The fourth-order valence-corrected chi connectivity index (χ4v) is 3.21. The van der Waals surface area contributed by atoms with E-state index in [1.165, 1.54) is 11.1 Å². The van der Waals surface area contributed by atoms with Crippen LogP contribution in [-0.2, 0) is 35.0 Å². The summed E-state index contributed by atoms with van der Waals surface area (Å²) in [5.41, 5.74) is 3.14. The van der Waals surface area contributed by atoms with Gasteiger partial charge in [-0.25, -0.2) is 8.42 Å². The van der Waals surface area contributed by atoms with Gasteiger partial charge in [0.25, 0.3) is 5.91 Å². The Bertz CT molecular complexity index is 842. The number of aromatic nitrogens is 2. The Morgan fingerprint density at radius 2 is 2.09 bits per heavy atom. The number of carbonyl (C=O) groups is 1. The number of benzene rings is 1. The number of aryl methyl sites for hydroxylation is 2. The van der Waals surface area contributed by atoms with Crippen LogP contribution < -0.4 is 5.32 Å².